The van der Waals surface area contributed by atoms with Gasteiger partial charge in [-0.2, -0.15) is 0 Å². The van der Waals surface area contributed by atoms with Crippen molar-refractivity contribution in [2.45, 2.75) is 6.54 Å². The van der Waals surface area contributed by atoms with Crippen LogP contribution >= 0.6 is 39.1 Å². The molecule has 0 aliphatic heterocycles. The Morgan fingerprint density at radius 3 is 2.44 bits per heavy atom. The van der Waals surface area contributed by atoms with Crippen molar-refractivity contribution in [3.8, 4) is 11.4 Å². The van der Waals surface area contributed by atoms with E-state index in [0.29, 0.717) is 16.6 Å². The first-order valence-electron chi connectivity index (χ1n) is 7.77. The molecule has 124 valence electrons. The van der Waals surface area contributed by atoms with Crippen molar-refractivity contribution in [2.24, 2.45) is 0 Å². The van der Waals surface area contributed by atoms with Gasteiger partial charge in [-0.3, -0.25) is 0 Å². The molecule has 2 nitrogen and oxygen atoms in total. The zero-order valence-corrected chi connectivity index (χ0v) is 16.2. The first kappa shape index (κ1) is 16.6. The van der Waals surface area contributed by atoms with Gasteiger partial charge >= 0.3 is 0 Å². The molecule has 0 radical (unpaired) electrons. The third kappa shape index (κ3) is 3.32. The number of nitrogens with zero attached hydrogens (tertiary/aromatic N) is 2. The van der Waals surface area contributed by atoms with Gasteiger partial charge in [0.05, 0.1) is 16.1 Å². The Hall–Kier alpha value is -1.81. The Balaban J connectivity index is 1.90. The minimum Gasteiger partial charge on any atom is -0.319 e. The van der Waals surface area contributed by atoms with Gasteiger partial charge in [-0.05, 0) is 48.0 Å². The largest absolute Gasteiger partial charge is 0.319 e. The molecule has 25 heavy (non-hydrogen) atoms. The second kappa shape index (κ2) is 6.83. The minimum atomic E-state index is 0.597. The van der Waals surface area contributed by atoms with Crippen LogP contribution in [-0.4, -0.2) is 9.55 Å². The molecule has 0 amide bonds. The number of benzene rings is 3. The highest BCUT2D eigenvalue weighted by Gasteiger charge is 2.15. The van der Waals surface area contributed by atoms with Gasteiger partial charge in [0.15, 0.2) is 0 Å². The van der Waals surface area contributed by atoms with Crippen LogP contribution in [0.4, 0.5) is 0 Å². The van der Waals surface area contributed by atoms with Gasteiger partial charge in [0, 0.05) is 21.6 Å². The lowest BCUT2D eigenvalue weighted by Gasteiger charge is -2.11. The Kier molecular flexibility index (Phi) is 4.55. The van der Waals surface area contributed by atoms with Crippen molar-refractivity contribution in [1.82, 2.24) is 9.55 Å². The maximum absolute atomic E-state index is 6.44. The van der Waals surface area contributed by atoms with Crippen LogP contribution in [0.1, 0.15) is 5.56 Å². The molecule has 0 saturated carbocycles. The summed E-state index contributed by atoms with van der Waals surface area (Å²) in [6, 6.07) is 21.9. The smallest absolute Gasteiger partial charge is 0.142 e. The summed E-state index contributed by atoms with van der Waals surface area (Å²) >= 11 is 16.0. The average Bonchev–Trinajstić information content (AvgIpc) is 2.95. The first-order chi connectivity index (χ1) is 12.1. The number of aromatic nitrogens is 2. The summed E-state index contributed by atoms with van der Waals surface area (Å²) in [5.41, 5.74) is 4.09. The maximum atomic E-state index is 6.44. The quantitative estimate of drug-likeness (QED) is 0.348. The molecule has 0 saturated heterocycles. The SMILES string of the molecule is Clc1ccc(-c2nc3ccccc3n2Cc2ccc(Br)cc2)c(Cl)c1. The Morgan fingerprint density at radius 1 is 0.920 bits per heavy atom. The first-order valence-corrected chi connectivity index (χ1v) is 9.32. The average molecular weight is 432 g/mol. The standard InChI is InChI=1S/C20H13BrCl2N2/c21-14-7-5-13(6-8-14)12-25-19-4-2-1-3-18(19)24-20(25)16-10-9-15(22)11-17(16)23/h1-11H,12H2. The highest BCUT2D eigenvalue weighted by molar-refractivity contribution is 9.10. The third-order valence-electron chi connectivity index (χ3n) is 4.08. The molecule has 5 heteroatoms. The van der Waals surface area contributed by atoms with Crippen LogP contribution in [0.3, 0.4) is 0 Å². The molecule has 0 spiro atoms. The summed E-state index contributed by atoms with van der Waals surface area (Å²) in [6.45, 7) is 0.710. The number of hydrogen-bond acceptors (Lipinski definition) is 1. The van der Waals surface area contributed by atoms with E-state index in [9.17, 15) is 0 Å². The van der Waals surface area contributed by atoms with Crippen molar-refractivity contribution in [3.63, 3.8) is 0 Å². The lowest BCUT2D eigenvalue weighted by Crippen LogP contribution is -2.02. The van der Waals surface area contributed by atoms with Gasteiger partial charge in [0.25, 0.3) is 0 Å². The molecule has 0 aliphatic rings. The second-order valence-corrected chi connectivity index (χ2v) is 7.52. The van der Waals surface area contributed by atoms with Crippen molar-refractivity contribution in [3.05, 3.63) is 86.8 Å². The summed E-state index contributed by atoms with van der Waals surface area (Å²) < 4.78 is 3.25. The summed E-state index contributed by atoms with van der Waals surface area (Å²) in [7, 11) is 0. The maximum Gasteiger partial charge on any atom is 0.142 e. The van der Waals surface area contributed by atoms with Crippen LogP contribution < -0.4 is 0 Å². The second-order valence-electron chi connectivity index (χ2n) is 5.76. The fraction of sp³-hybridized carbons (Fsp3) is 0.0500. The fourth-order valence-corrected chi connectivity index (χ4v) is 3.64. The van der Waals surface area contributed by atoms with E-state index in [1.165, 1.54) is 5.56 Å². The monoisotopic (exact) mass is 430 g/mol. The lowest BCUT2D eigenvalue weighted by atomic mass is 10.2. The summed E-state index contributed by atoms with van der Waals surface area (Å²) in [5, 5.41) is 1.21. The number of halogens is 3. The van der Waals surface area contributed by atoms with Gasteiger partial charge in [0.2, 0.25) is 0 Å². The van der Waals surface area contributed by atoms with E-state index < -0.39 is 0 Å². The molecule has 0 bridgehead atoms. The van der Waals surface area contributed by atoms with Crippen LogP contribution in [0, 0.1) is 0 Å². The zero-order valence-electron chi connectivity index (χ0n) is 13.1. The molecule has 0 aliphatic carbocycles. The summed E-state index contributed by atoms with van der Waals surface area (Å²) in [5.74, 6) is 0.839. The van der Waals surface area contributed by atoms with Crippen LogP contribution in [0.25, 0.3) is 22.4 Å². The van der Waals surface area contributed by atoms with E-state index in [2.05, 4.69) is 38.7 Å². The van der Waals surface area contributed by atoms with Crippen LogP contribution in [0.5, 0.6) is 0 Å². The van der Waals surface area contributed by atoms with Crippen molar-refractivity contribution in [2.75, 3.05) is 0 Å². The van der Waals surface area contributed by atoms with Crippen LogP contribution in [0.2, 0.25) is 10.0 Å². The van der Waals surface area contributed by atoms with Gasteiger partial charge in [-0.25, -0.2) is 4.98 Å². The molecule has 0 fully saturated rings. The predicted octanol–water partition coefficient (Wildman–Crippen LogP) is 6.82. The number of fused-ring (bicyclic) bond motifs is 1. The normalized spacial score (nSPS) is 11.2. The van der Waals surface area contributed by atoms with Gasteiger partial charge in [0.1, 0.15) is 5.82 Å². The van der Waals surface area contributed by atoms with E-state index in [1.54, 1.807) is 6.07 Å². The van der Waals surface area contributed by atoms with E-state index in [1.807, 2.05) is 42.5 Å². The number of rotatable bonds is 3. The number of hydrogen-bond donors (Lipinski definition) is 0. The Bertz CT molecular complexity index is 1060. The number of imidazole rings is 1. The van der Waals surface area contributed by atoms with Gasteiger partial charge < -0.3 is 4.57 Å². The predicted molar refractivity (Wildman–Crippen MR) is 108 cm³/mol. The van der Waals surface area contributed by atoms with E-state index in [0.717, 1.165) is 26.9 Å². The Morgan fingerprint density at radius 2 is 1.68 bits per heavy atom. The van der Waals surface area contributed by atoms with E-state index in [4.69, 9.17) is 28.2 Å². The van der Waals surface area contributed by atoms with E-state index in [-0.39, 0.29) is 0 Å². The van der Waals surface area contributed by atoms with Gasteiger partial charge in [-0.1, -0.05) is 63.4 Å². The topological polar surface area (TPSA) is 17.8 Å². The van der Waals surface area contributed by atoms with Crippen molar-refractivity contribution in [1.29, 1.82) is 0 Å². The zero-order chi connectivity index (χ0) is 17.4. The number of para-hydroxylation sites is 2. The van der Waals surface area contributed by atoms with Gasteiger partial charge in [-0.15, -0.1) is 0 Å². The molecule has 4 rings (SSSR count). The molecule has 4 aromatic rings. The van der Waals surface area contributed by atoms with Crippen LogP contribution in [0.15, 0.2) is 71.2 Å². The molecule has 0 unspecified atom stereocenters. The molecular weight excluding hydrogens is 419 g/mol. The molecule has 0 N–H and O–H groups in total. The fourth-order valence-electron chi connectivity index (χ4n) is 2.88. The lowest BCUT2D eigenvalue weighted by molar-refractivity contribution is 0.834. The summed E-state index contributed by atoms with van der Waals surface area (Å²) in [4.78, 5) is 4.81. The van der Waals surface area contributed by atoms with Crippen molar-refractivity contribution < 1.29 is 0 Å². The third-order valence-corrected chi connectivity index (χ3v) is 5.16. The minimum absolute atomic E-state index is 0.597. The molecule has 1 aromatic heterocycles. The van der Waals surface area contributed by atoms with Crippen molar-refractivity contribution >= 4 is 50.2 Å². The molecule has 0 atom stereocenters. The highest BCUT2D eigenvalue weighted by Crippen LogP contribution is 2.32. The Labute approximate surface area is 164 Å². The molecular formula is C20H13BrCl2N2. The van der Waals surface area contributed by atoms with E-state index >= 15 is 0 Å². The molecule has 1 heterocycles. The molecule has 3 aromatic carbocycles. The summed E-state index contributed by atoms with van der Waals surface area (Å²) in [6.07, 6.45) is 0. The highest BCUT2D eigenvalue weighted by atomic mass is 79.9. The van der Waals surface area contributed by atoms with Crippen LogP contribution in [-0.2, 0) is 6.54 Å².